The lowest BCUT2D eigenvalue weighted by Gasteiger charge is -2.15. The van der Waals surface area contributed by atoms with E-state index in [2.05, 4.69) is 43.4 Å². The second kappa shape index (κ2) is 5.65. The van der Waals surface area contributed by atoms with Crippen LogP contribution in [0.4, 0.5) is 0 Å². The highest BCUT2D eigenvalue weighted by molar-refractivity contribution is 5.00. The smallest absolute Gasteiger partial charge is 0.0762 e. The highest BCUT2D eigenvalue weighted by atomic mass is 16.5. The Hall–Kier alpha value is -0.870. The molecule has 0 radical (unpaired) electrons. The molecule has 2 rings (SSSR count). The third-order valence-electron chi connectivity index (χ3n) is 3.63. The van der Waals surface area contributed by atoms with E-state index >= 15 is 0 Å². The van der Waals surface area contributed by atoms with Crippen LogP contribution in [0.2, 0.25) is 0 Å². The molecular formula is C13H23N3O. The Morgan fingerprint density at radius 3 is 3.12 bits per heavy atom. The Kier molecular flexibility index (Phi) is 4.18. The average molecular weight is 237 g/mol. The Morgan fingerprint density at radius 2 is 2.47 bits per heavy atom. The van der Waals surface area contributed by atoms with Crippen molar-refractivity contribution in [3.8, 4) is 0 Å². The standard InChI is InChI=1S/C13H23N3O/c1-4-10(2)16-7-5-12(15-16)9-14-13-6-8-17-11(13)3/h5,7,10-11,13-14H,4,6,8-9H2,1-3H3. The van der Waals surface area contributed by atoms with Crippen molar-refractivity contribution >= 4 is 0 Å². The lowest BCUT2D eigenvalue weighted by atomic mass is 10.1. The zero-order chi connectivity index (χ0) is 12.3. The number of rotatable bonds is 5. The molecule has 3 atom stereocenters. The van der Waals surface area contributed by atoms with Gasteiger partial charge in [0.2, 0.25) is 0 Å². The van der Waals surface area contributed by atoms with Crippen molar-refractivity contribution < 1.29 is 4.74 Å². The number of nitrogens with zero attached hydrogens (tertiary/aromatic N) is 2. The van der Waals surface area contributed by atoms with Crippen LogP contribution in [0.15, 0.2) is 12.3 Å². The molecule has 1 saturated heterocycles. The van der Waals surface area contributed by atoms with E-state index in [0.717, 1.165) is 31.7 Å². The van der Waals surface area contributed by atoms with E-state index in [0.29, 0.717) is 18.2 Å². The number of aromatic nitrogens is 2. The molecule has 0 aliphatic carbocycles. The van der Waals surface area contributed by atoms with Crippen LogP contribution >= 0.6 is 0 Å². The van der Waals surface area contributed by atoms with E-state index in [1.54, 1.807) is 0 Å². The van der Waals surface area contributed by atoms with Gasteiger partial charge in [-0.1, -0.05) is 6.92 Å². The quantitative estimate of drug-likeness (QED) is 0.852. The van der Waals surface area contributed by atoms with Crippen molar-refractivity contribution in [1.82, 2.24) is 15.1 Å². The van der Waals surface area contributed by atoms with Crippen LogP contribution in [0.1, 0.15) is 45.3 Å². The van der Waals surface area contributed by atoms with Gasteiger partial charge in [-0.25, -0.2) is 0 Å². The minimum Gasteiger partial charge on any atom is -0.377 e. The number of ether oxygens (including phenoxy) is 1. The number of hydrogen-bond donors (Lipinski definition) is 1. The summed E-state index contributed by atoms with van der Waals surface area (Å²) in [6, 6.07) is 3.06. The van der Waals surface area contributed by atoms with Gasteiger partial charge < -0.3 is 10.1 Å². The van der Waals surface area contributed by atoms with E-state index in [1.807, 2.05) is 4.68 Å². The van der Waals surface area contributed by atoms with Gasteiger partial charge in [0, 0.05) is 31.4 Å². The molecule has 0 bridgehead atoms. The van der Waals surface area contributed by atoms with Crippen LogP contribution in [-0.4, -0.2) is 28.5 Å². The van der Waals surface area contributed by atoms with Crippen LogP contribution in [0.25, 0.3) is 0 Å². The average Bonchev–Trinajstić information content (AvgIpc) is 2.94. The summed E-state index contributed by atoms with van der Waals surface area (Å²) in [7, 11) is 0. The van der Waals surface area contributed by atoms with Crippen molar-refractivity contribution in [3.05, 3.63) is 18.0 Å². The molecule has 4 nitrogen and oxygen atoms in total. The molecule has 1 aliphatic rings. The van der Waals surface area contributed by atoms with E-state index in [4.69, 9.17) is 4.74 Å². The first-order valence-corrected chi connectivity index (χ1v) is 6.59. The first-order valence-electron chi connectivity index (χ1n) is 6.59. The molecule has 17 heavy (non-hydrogen) atoms. The number of nitrogens with one attached hydrogen (secondary N) is 1. The van der Waals surface area contributed by atoms with Crippen LogP contribution in [0, 0.1) is 0 Å². The van der Waals surface area contributed by atoms with Gasteiger partial charge in [-0.15, -0.1) is 0 Å². The SMILES string of the molecule is CCC(C)n1ccc(CNC2CCOC2C)n1. The number of hydrogen-bond acceptors (Lipinski definition) is 3. The van der Waals surface area contributed by atoms with Crippen molar-refractivity contribution in [2.45, 2.75) is 58.3 Å². The second-order valence-corrected chi connectivity index (χ2v) is 4.90. The van der Waals surface area contributed by atoms with Crippen molar-refractivity contribution in [2.75, 3.05) is 6.61 Å². The molecule has 96 valence electrons. The minimum atomic E-state index is 0.326. The summed E-state index contributed by atoms with van der Waals surface area (Å²) in [5.41, 5.74) is 1.12. The molecular weight excluding hydrogens is 214 g/mol. The van der Waals surface area contributed by atoms with Crippen molar-refractivity contribution in [1.29, 1.82) is 0 Å². The molecule has 0 spiro atoms. The van der Waals surface area contributed by atoms with Crippen LogP contribution in [0.3, 0.4) is 0 Å². The second-order valence-electron chi connectivity index (χ2n) is 4.90. The maximum Gasteiger partial charge on any atom is 0.0762 e. The lowest BCUT2D eigenvalue weighted by molar-refractivity contribution is 0.113. The van der Waals surface area contributed by atoms with Crippen LogP contribution < -0.4 is 5.32 Å². The topological polar surface area (TPSA) is 39.1 Å². The third kappa shape index (κ3) is 3.07. The molecule has 1 aromatic heterocycles. The summed E-state index contributed by atoms with van der Waals surface area (Å²) in [5, 5.41) is 8.10. The lowest BCUT2D eigenvalue weighted by Crippen LogP contribution is -2.34. The van der Waals surface area contributed by atoms with Gasteiger partial charge in [0.25, 0.3) is 0 Å². The fraction of sp³-hybridized carbons (Fsp3) is 0.769. The zero-order valence-electron chi connectivity index (χ0n) is 11.0. The molecule has 1 N–H and O–H groups in total. The van der Waals surface area contributed by atoms with Crippen molar-refractivity contribution in [2.24, 2.45) is 0 Å². The summed E-state index contributed by atoms with van der Waals surface area (Å²) < 4.78 is 7.57. The summed E-state index contributed by atoms with van der Waals surface area (Å²) in [5.74, 6) is 0. The van der Waals surface area contributed by atoms with Gasteiger partial charge in [-0.3, -0.25) is 4.68 Å². The molecule has 0 amide bonds. The Bertz CT molecular complexity index is 350. The zero-order valence-corrected chi connectivity index (χ0v) is 11.0. The van der Waals surface area contributed by atoms with Gasteiger partial charge in [-0.05, 0) is 32.8 Å². The monoisotopic (exact) mass is 237 g/mol. The molecule has 1 aliphatic heterocycles. The van der Waals surface area contributed by atoms with E-state index in [-0.39, 0.29) is 0 Å². The van der Waals surface area contributed by atoms with Gasteiger partial charge >= 0.3 is 0 Å². The Balaban J connectivity index is 1.84. The summed E-state index contributed by atoms with van der Waals surface area (Å²) in [4.78, 5) is 0. The fourth-order valence-corrected chi connectivity index (χ4v) is 2.14. The minimum absolute atomic E-state index is 0.326. The van der Waals surface area contributed by atoms with Gasteiger partial charge in [0.05, 0.1) is 11.8 Å². The van der Waals surface area contributed by atoms with Crippen molar-refractivity contribution in [3.63, 3.8) is 0 Å². The predicted octanol–water partition coefficient (Wildman–Crippen LogP) is 2.12. The van der Waals surface area contributed by atoms with Crippen LogP contribution in [0.5, 0.6) is 0 Å². The highest BCUT2D eigenvalue weighted by Crippen LogP contribution is 2.14. The fourth-order valence-electron chi connectivity index (χ4n) is 2.14. The summed E-state index contributed by atoms with van der Waals surface area (Å²) >= 11 is 0. The largest absolute Gasteiger partial charge is 0.377 e. The summed E-state index contributed by atoms with van der Waals surface area (Å²) in [6.07, 6.45) is 4.61. The third-order valence-corrected chi connectivity index (χ3v) is 3.63. The molecule has 3 unspecified atom stereocenters. The first kappa shape index (κ1) is 12.6. The van der Waals surface area contributed by atoms with Gasteiger partial charge in [0.15, 0.2) is 0 Å². The highest BCUT2D eigenvalue weighted by Gasteiger charge is 2.23. The first-order chi connectivity index (χ1) is 8.20. The summed E-state index contributed by atoms with van der Waals surface area (Å²) in [6.45, 7) is 8.21. The maximum atomic E-state index is 5.53. The molecule has 1 aromatic rings. The molecule has 0 aromatic carbocycles. The molecule has 1 fully saturated rings. The van der Waals surface area contributed by atoms with Gasteiger partial charge in [-0.2, -0.15) is 5.10 Å². The maximum absolute atomic E-state index is 5.53. The molecule has 4 heteroatoms. The predicted molar refractivity (Wildman–Crippen MR) is 67.9 cm³/mol. The normalized spacial score (nSPS) is 26.3. The Morgan fingerprint density at radius 1 is 1.65 bits per heavy atom. The van der Waals surface area contributed by atoms with Crippen LogP contribution in [-0.2, 0) is 11.3 Å². The molecule has 2 heterocycles. The van der Waals surface area contributed by atoms with E-state index in [9.17, 15) is 0 Å². The van der Waals surface area contributed by atoms with E-state index in [1.165, 1.54) is 0 Å². The molecule has 0 saturated carbocycles. The Labute approximate surface area is 103 Å². The van der Waals surface area contributed by atoms with E-state index < -0.39 is 0 Å². The van der Waals surface area contributed by atoms with Gasteiger partial charge in [0.1, 0.15) is 0 Å².